The van der Waals surface area contributed by atoms with Crippen molar-refractivity contribution in [1.82, 2.24) is 14.7 Å². The van der Waals surface area contributed by atoms with Crippen LogP contribution in [0.2, 0.25) is 10.0 Å². The number of methoxy groups -OCH3 is 1. The average molecular weight is 566 g/mol. The quantitative estimate of drug-likeness (QED) is 0.268. The van der Waals surface area contributed by atoms with Crippen LogP contribution in [0, 0.1) is 0 Å². The summed E-state index contributed by atoms with van der Waals surface area (Å²) in [4.78, 5) is 18.1. The van der Waals surface area contributed by atoms with Crippen molar-refractivity contribution in [2.45, 2.75) is 13.0 Å². The van der Waals surface area contributed by atoms with Gasteiger partial charge in [0.05, 0.1) is 35.6 Å². The minimum Gasteiger partial charge on any atom is -0.497 e. The Balaban J connectivity index is 1.33. The van der Waals surface area contributed by atoms with Gasteiger partial charge in [-0.2, -0.15) is 9.78 Å². The molecule has 4 aromatic rings. The lowest BCUT2D eigenvalue weighted by molar-refractivity contribution is 0.248. The van der Waals surface area contributed by atoms with Gasteiger partial charge in [0.2, 0.25) is 5.75 Å². The van der Waals surface area contributed by atoms with E-state index in [0.717, 1.165) is 43.1 Å². The summed E-state index contributed by atoms with van der Waals surface area (Å²) < 4.78 is 12.8. The van der Waals surface area contributed by atoms with Crippen LogP contribution in [-0.2, 0) is 13.0 Å². The number of benzene rings is 3. The Morgan fingerprint density at radius 2 is 1.64 bits per heavy atom. The smallest absolute Gasteiger partial charge is 0.316 e. The van der Waals surface area contributed by atoms with Crippen molar-refractivity contribution in [2.75, 3.05) is 44.8 Å². The summed E-state index contributed by atoms with van der Waals surface area (Å²) in [6.07, 6.45) is 2.39. The molecule has 2 heterocycles. The largest absolute Gasteiger partial charge is 0.497 e. The maximum Gasteiger partial charge on any atom is 0.316 e. The highest BCUT2D eigenvalue weighted by atomic mass is 35.5. The lowest BCUT2D eigenvalue weighted by Crippen LogP contribution is -2.46. The van der Waals surface area contributed by atoms with Crippen molar-refractivity contribution < 1.29 is 9.47 Å². The third-order valence-corrected chi connectivity index (χ3v) is 7.71. The Hall–Kier alpha value is -3.52. The van der Waals surface area contributed by atoms with Crippen LogP contribution >= 0.6 is 23.2 Å². The molecule has 1 fully saturated rings. The molecule has 0 bridgehead atoms. The fraction of sp³-hybridized carbons (Fsp3) is 0.267. The molecular weight excluding hydrogens is 535 g/mol. The van der Waals surface area contributed by atoms with Gasteiger partial charge in [-0.15, -0.1) is 0 Å². The highest BCUT2D eigenvalue weighted by molar-refractivity contribution is 6.42. The van der Waals surface area contributed by atoms with E-state index in [2.05, 4.69) is 14.9 Å². The molecule has 202 valence electrons. The summed E-state index contributed by atoms with van der Waals surface area (Å²) in [5.74, 6) is 1.12. The molecule has 0 N–H and O–H groups in total. The normalized spacial score (nSPS) is 13.9. The number of piperazine rings is 1. The minimum atomic E-state index is -0.276. The van der Waals surface area contributed by atoms with Crippen molar-refractivity contribution in [3.8, 4) is 17.2 Å². The fourth-order valence-corrected chi connectivity index (χ4v) is 5.04. The third-order valence-electron chi connectivity index (χ3n) is 6.85. The maximum absolute atomic E-state index is 13.6. The van der Waals surface area contributed by atoms with Gasteiger partial charge < -0.3 is 14.4 Å². The number of nitrogens with zero attached hydrogens (tertiary/aromatic N) is 4. The molecular formula is C30H30Cl2N4O3. The van der Waals surface area contributed by atoms with E-state index in [9.17, 15) is 4.79 Å². The first-order valence-electron chi connectivity index (χ1n) is 12.9. The van der Waals surface area contributed by atoms with Crippen molar-refractivity contribution >= 4 is 28.9 Å². The number of aromatic nitrogens is 2. The van der Waals surface area contributed by atoms with Crippen molar-refractivity contribution in [1.29, 1.82) is 0 Å². The topological polar surface area (TPSA) is 59.8 Å². The van der Waals surface area contributed by atoms with Gasteiger partial charge in [-0.3, -0.25) is 9.69 Å². The molecule has 0 saturated carbocycles. The molecule has 0 amide bonds. The van der Waals surface area contributed by atoms with E-state index < -0.39 is 0 Å². The van der Waals surface area contributed by atoms with Gasteiger partial charge in [0.1, 0.15) is 11.4 Å². The lowest BCUT2D eigenvalue weighted by atomic mass is 10.1. The second-order valence-electron chi connectivity index (χ2n) is 9.33. The molecule has 1 aliphatic heterocycles. The van der Waals surface area contributed by atoms with E-state index in [1.165, 1.54) is 4.68 Å². The zero-order valence-electron chi connectivity index (χ0n) is 21.7. The monoisotopic (exact) mass is 564 g/mol. The number of halogens is 2. The van der Waals surface area contributed by atoms with Gasteiger partial charge in [-0.05, 0) is 41.5 Å². The molecule has 3 aromatic carbocycles. The van der Waals surface area contributed by atoms with Crippen LogP contribution in [0.1, 0.15) is 11.1 Å². The number of rotatable bonds is 9. The highest BCUT2D eigenvalue weighted by Gasteiger charge is 2.24. The summed E-state index contributed by atoms with van der Waals surface area (Å²) in [6.45, 7) is 4.13. The van der Waals surface area contributed by atoms with Crippen LogP contribution in [-0.4, -0.2) is 54.6 Å². The van der Waals surface area contributed by atoms with Crippen LogP contribution in [0.4, 0.5) is 5.69 Å². The Morgan fingerprint density at radius 1 is 0.897 bits per heavy atom. The van der Waals surface area contributed by atoms with Gasteiger partial charge in [0.25, 0.3) is 0 Å². The Morgan fingerprint density at radius 3 is 2.36 bits per heavy atom. The van der Waals surface area contributed by atoms with E-state index in [4.69, 9.17) is 32.7 Å². The van der Waals surface area contributed by atoms with Crippen molar-refractivity contribution in [3.63, 3.8) is 0 Å². The predicted molar refractivity (Wildman–Crippen MR) is 156 cm³/mol. The molecule has 1 aliphatic rings. The van der Waals surface area contributed by atoms with Crippen LogP contribution in [0.25, 0.3) is 5.69 Å². The van der Waals surface area contributed by atoms with E-state index in [0.29, 0.717) is 46.7 Å². The van der Waals surface area contributed by atoms with Gasteiger partial charge in [0, 0.05) is 39.1 Å². The lowest BCUT2D eigenvalue weighted by Gasteiger charge is -2.36. The molecule has 0 aliphatic carbocycles. The first-order valence-corrected chi connectivity index (χ1v) is 13.6. The van der Waals surface area contributed by atoms with Crippen LogP contribution < -0.4 is 19.9 Å². The first kappa shape index (κ1) is 27.1. The molecule has 0 radical (unpaired) electrons. The summed E-state index contributed by atoms with van der Waals surface area (Å²) in [5, 5.41) is 5.66. The number of para-hydroxylation sites is 1. The second-order valence-corrected chi connectivity index (χ2v) is 10.1. The number of hydrogen-bond acceptors (Lipinski definition) is 6. The van der Waals surface area contributed by atoms with E-state index >= 15 is 0 Å². The maximum atomic E-state index is 13.6. The van der Waals surface area contributed by atoms with E-state index in [1.54, 1.807) is 19.4 Å². The van der Waals surface area contributed by atoms with Crippen molar-refractivity contribution in [3.05, 3.63) is 111 Å². The second kappa shape index (κ2) is 12.6. The van der Waals surface area contributed by atoms with Crippen LogP contribution in [0.3, 0.4) is 0 Å². The SMILES string of the molecule is COc1ccc(CCOc2c(N3CCN(Cc4cccc(Cl)c4Cl)CC3)cnn(-c3ccccc3)c2=O)cc1. The van der Waals surface area contributed by atoms with Gasteiger partial charge in [0.15, 0.2) is 0 Å². The summed E-state index contributed by atoms with van der Waals surface area (Å²) in [6, 6.07) is 23.0. The molecule has 5 rings (SSSR count). The fourth-order valence-electron chi connectivity index (χ4n) is 4.66. The zero-order valence-corrected chi connectivity index (χ0v) is 23.2. The molecule has 0 spiro atoms. The standard InChI is InChI=1S/C30H30Cl2N4O3/c1-38-25-12-10-22(11-13-25)14-19-39-29-27(20-33-36(30(29)37)24-7-3-2-4-8-24)35-17-15-34(16-18-35)21-23-6-5-9-26(31)28(23)32/h2-13,20H,14-19,21H2,1H3. The van der Waals surface area contributed by atoms with E-state index in [-0.39, 0.29) is 5.56 Å². The van der Waals surface area contributed by atoms with Crippen molar-refractivity contribution in [2.24, 2.45) is 0 Å². The summed E-state index contributed by atoms with van der Waals surface area (Å²) >= 11 is 12.6. The zero-order chi connectivity index (χ0) is 27.2. The molecule has 1 aromatic heterocycles. The Kier molecular flexibility index (Phi) is 8.71. The molecule has 1 saturated heterocycles. The van der Waals surface area contributed by atoms with Gasteiger partial charge >= 0.3 is 5.56 Å². The van der Waals surface area contributed by atoms with E-state index in [1.807, 2.05) is 66.7 Å². The third kappa shape index (κ3) is 6.38. The number of ether oxygens (including phenoxy) is 2. The average Bonchev–Trinajstić information content (AvgIpc) is 2.97. The minimum absolute atomic E-state index is 0.276. The molecule has 9 heteroatoms. The summed E-state index contributed by atoms with van der Waals surface area (Å²) in [7, 11) is 1.65. The number of anilines is 1. The van der Waals surface area contributed by atoms with Gasteiger partial charge in [-0.1, -0.05) is 65.7 Å². The Bertz CT molecular complexity index is 1450. The number of hydrogen-bond donors (Lipinski definition) is 0. The van der Waals surface area contributed by atoms with Crippen LogP contribution in [0.15, 0.2) is 83.8 Å². The Labute approximate surface area is 238 Å². The molecule has 0 atom stereocenters. The van der Waals surface area contributed by atoms with Gasteiger partial charge in [-0.25, -0.2) is 0 Å². The highest BCUT2D eigenvalue weighted by Crippen LogP contribution is 2.29. The first-order chi connectivity index (χ1) is 19.0. The van der Waals surface area contributed by atoms with Crippen LogP contribution in [0.5, 0.6) is 11.5 Å². The summed E-state index contributed by atoms with van der Waals surface area (Å²) in [5.41, 5.74) is 3.23. The molecule has 7 nitrogen and oxygen atoms in total. The predicted octanol–water partition coefficient (Wildman–Crippen LogP) is 5.49. The molecule has 39 heavy (non-hydrogen) atoms. The molecule has 0 unspecified atom stereocenters.